The normalized spacial score (nSPS) is 33.5. The van der Waals surface area contributed by atoms with E-state index in [1.165, 1.54) is 7.11 Å². The lowest BCUT2D eigenvalue weighted by Crippen LogP contribution is -2.52. The molecule has 0 aromatic rings. The summed E-state index contributed by atoms with van der Waals surface area (Å²) in [5, 5.41) is 0. The van der Waals surface area contributed by atoms with Crippen molar-refractivity contribution in [2.45, 2.75) is 18.9 Å². The van der Waals surface area contributed by atoms with Crippen molar-refractivity contribution < 1.29 is 19.1 Å². The maximum atomic E-state index is 11.2. The minimum absolute atomic E-state index is 0.126. The first-order valence-corrected chi connectivity index (χ1v) is 5.22. The molecule has 84 valence electrons. The molecular weight excluding hydrogens is 198 g/mol. The minimum atomic E-state index is -0.911. The Morgan fingerprint density at radius 3 is 2.33 bits per heavy atom. The van der Waals surface area contributed by atoms with Crippen LogP contribution in [0.25, 0.3) is 0 Å². The van der Waals surface area contributed by atoms with Gasteiger partial charge in [0, 0.05) is 6.54 Å². The van der Waals surface area contributed by atoms with Crippen molar-refractivity contribution in [2.75, 3.05) is 26.7 Å². The van der Waals surface area contributed by atoms with E-state index in [4.69, 9.17) is 4.74 Å². The summed E-state index contributed by atoms with van der Waals surface area (Å²) in [5.74, 6) is -1.36. The second kappa shape index (κ2) is 4.18. The van der Waals surface area contributed by atoms with Crippen LogP contribution >= 0.6 is 0 Å². The first-order valence-electron chi connectivity index (χ1n) is 5.22. The van der Waals surface area contributed by atoms with Gasteiger partial charge < -0.3 is 9.47 Å². The zero-order chi connectivity index (χ0) is 10.8. The molecule has 15 heavy (non-hydrogen) atoms. The Morgan fingerprint density at radius 2 is 1.87 bits per heavy atom. The largest absolute Gasteiger partial charge is 0.461 e. The van der Waals surface area contributed by atoms with Crippen LogP contribution in [-0.2, 0) is 19.1 Å². The minimum Gasteiger partial charge on any atom is -0.461 e. The van der Waals surface area contributed by atoms with E-state index in [0.29, 0.717) is 5.92 Å². The summed E-state index contributed by atoms with van der Waals surface area (Å²) >= 11 is 0. The molecule has 0 aromatic carbocycles. The topological polar surface area (TPSA) is 55.8 Å². The highest BCUT2D eigenvalue weighted by molar-refractivity contribution is 6.29. The fraction of sp³-hybridized carbons (Fsp3) is 0.800. The number of carbonyl (C=O) groups is 2. The van der Waals surface area contributed by atoms with E-state index in [2.05, 4.69) is 9.64 Å². The lowest BCUT2D eigenvalue weighted by Gasteiger charge is -2.43. The number of rotatable bonds is 1. The van der Waals surface area contributed by atoms with E-state index in [1.54, 1.807) is 0 Å². The summed E-state index contributed by atoms with van der Waals surface area (Å²) in [7, 11) is 1.18. The SMILES string of the molecule is COC(=O)C(=O)O[C@H]1CN2CCC1CC2. The fourth-order valence-corrected chi connectivity index (χ4v) is 2.31. The molecule has 0 aromatic heterocycles. The van der Waals surface area contributed by atoms with E-state index in [-0.39, 0.29) is 6.10 Å². The fourth-order valence-electron chi connectivity index (χ4n) is 2.31. The van der Waals surface area contributed by atoms with Crippen LogP contribution in [0.3, 0.4) is 0 Å². The number of nitrogens with zero attached hydrogens (tertiary/aromatic N) is 1. The molecule has 3 heterocycles. The maximum Gasteiger partial charge on any atom is 0.417 e. The summed E-state index contributed by atoms with van der Waals surface area (Å²) in [4.78, 5) is 24.3. The van der Waals surface area contributed by atoms with Gasteiger partial charge in [-0.05, 0) is 31.8 Å². The second-order valence-electron chi connectivity index (χ2n) is 4.07. The van der Waals surface area contributed by atoms with Crippen LogP contribution in [0.2, 0.25) is 0 Å². The van der Waals surface area contributed by atoms with Crippen LogP contribution in [0.4, 0.5) is 0 Å². The van der Waals surface area contributed by atoms with Gasteiger partial charge in [0.05, 0.1) is 7.11 Å². The molecule has 0 unspecified atom stereocenters. The van der Waals surface area contributed by atoms with E-state index < -0.39 is 11.9 Å². The second-order valence-corrected chi connectivity index (χ2v) is 4.07. The molecule has 0 spiro atoms. The van der Waals surface area contributed by atoms with Crippen molar-refractivity contribution in [3.8, 4) is 0 Å². The average molecular weight is 213 g/mol. The molecule has 2 bridgehead atoms. The number of ether oxygens (including phenoxy) is 2. The van der Waals surface area contributed by atoms with Crippen LogP contribution in [0.1, 0.15) is 12.8 Å². The molecule has 0 radical (unpaired) electrons. The number of methoxy groups -OCH3 is 1. The van der Waals surface area contributed by atoms with Gasteiger partial charge in [0.15, 0.2) is 0 Å². The molecule has 0 aliphatic carbocycles. The highest BCUT2D eigenvalue weighted by atomic mass is 16.6. The molecule has 0 saturated carbocycles. The Labute approximate surface area is 88.3 Å². The lowest BCUT2D eigenvalue weighted by molar-refractivity contribution is -0.175. The third-order valence-electron chi connectivity index (χ3n) is 3.21. The van der Waals surface area contributed by atoms with E-state index >= 15 is 0 Å². The summed E-state index contributed by atoms with van der Waals surface area (Å²) < 4.78 is 9.43. The average Bonchev–Trinajstić information content (AvgIpc) is 2.29. The molecule has 3 fully saturated rings. The quantitative estimate of drug-likeness (QED) is 0.446. The van der Waals surface area contributed by atoms with Crippen molar-refractivity contribution in [3.05, 3.63) is 0 Å². The number of hydrogen-bond donors (Lipinski definition) is 0. The van der Waals surface area contributed by atoms with Gasteiger partial charge in [-0.25, -0.2) is 9.59 Å². The molecule has 5 nitrogen and oxygen atoms in total. The van der Waals surface area contributed by atoms with E-state index in [9.17, 15) is 9.59 Å². The van der Waals surface area contributed by atoms with Crippen molar-refractivity contribution in [1.82, 2.24) is 4.90 Å². The summed E-state index contributed by atoms with van der Waals surface area (Å²) in [5.41, 5.74) is 0. The first kappa shape index (κ1) is 10.4. The van der Waals surface area contributed by atoms with Crippen LogP contribution in [0, 0.1) is 5.92 Å². The van der Waals surface area contributed by atoms with Crippen molar-refractivity contribution in [2.24, 2.45) is 5.92 Å². The van der Waals surface area contributed by atoms with Gasteiger partial charge in [-0.2, -0.15) is 0 Å². The van der Waals surface area contributed by atoms with Gasteiger partial charge in [0.2, 0.25) is 0 Å². The molecular formula is C10H15NO4. The number of fused-ring (bicyclic) bond motifs is 3. The third kappa shape index (κ3) is 2.12. The van der Waals surface area contributed by atoms with E-state index in [0.717, 1.165) is 32.5 Å². The molecule has 0 N–H and O–H groups in total. The number of esters is 2. The Balaban J connectivity index is 1.90. The Kier molecular flexibility index (Phi) is 2.90. The zero-order valence-corrected chi connectivity index (χ0v) is 8.77. The maximum absolute atomic E-state index is 11.2. The predicted octanol–water partition coefficient (Wildman–Crippen LogP) is -0.203. The molecule has 0 amide bonds. The molecule has 5 heteroatoms. The summed E-state index contributed by atoms with van der Waals surface area (Å²) in [6.45, 7) is 2.92. The van der Waals surface area contributed by atoms with Crippen molar-refractivity contribution in [3.63, 3.8) is 0 Å². The van der Waals surface area contributed by atoms with Crippen LogP contribution in [0.15, 0.2) is 0 Å². The molecule has 3 aliphatic rings. The van der Waals surface area contributed by atoms with Crippen molar-refractivity contribution >= 4 is 11.9 Å². The first-order chi connectivity index (χ1) is 7.20. The third-order valence-corrected chi connectivity index (χ3v) is 3.21. The van der Waals surface area contributed by atoms with Crippen LogP contribution in [-0.4, -0.2) is 49.7 Å². The Bertz CT molecular complexity index is 271. The summed E-state index contributed by atoms with van der Waals surface area (Å²) in [6.07, 6.45) is 1.98. The summed E-state index contributed by atoms with van der Waals surface area (Å²) in [6, 6.07) is 0. The lowest BCUT2D eigenvalue weighted by atomic mass is 9.86. The van der Waals surface area contributed by atoms with Gasteiger partial charge in [0.1, 0.15) is 6.10 Å². The van der Waals surface area contributed by atoms with Gasteiger partial charge in [-0.3, -0.25) is 4.90 Å². The van der Waals surface area contributed by atoms with Crippen LogP contribution < -0.4 is 0 Å². The van der Waals surface area contributed by atoms with E-state index in [1.807, 2.05) is 0 Å². The van der Waals surface area contributed by atoms with Gasteiger partial charge >= 0.3 is 11.9 Å². The predicted molar refractivity (Wildman–Crippen MR) is 51.1 cm³/mol. The van der Waals surface area contributed by atoms with Gasteiger partial charge in [-0.15, -0.1) is 0 Å². The molecule has 1 atom stereocenters. The number of piperidine rings is 3. The molecule has 3 aliphatic heterocycles. The smallest absolute Gasteiger partial charge is 0.417 e. The van der Waals surface area contributed by atoms with Crippen LogP contribution in [0.5, 0.6) is 0 Å². The Morgan fingerprint density at radius 1 is 1.20 bits per heavy atom. The zero-order valence-electron chi connectivity index (χ0n) is 8.77. The number of carbonyl (C=O) groups excluding carboxylic acids is 2. The monoisotopic (exact) mass is 213 g/mol. The highest BCUT2D eigenvalue weighted by Crippen LogP contribution is 2.29. The molecule has 3 rings (SSSR count). The number of hydrogen-bond acceptors (Lipinski definition) is 5. The Hall–Kier alpha value is -1.10. The van der Waals surface area contributed by atoms with Gasteiger partial charge in [0.25, 0.3) is 0 Å². The standard InChI is InChI=1S/C10H15NO4/c1-14-9(12)10(13)15-8-6-11-4-2-7(8)3-5-11/h7-8H,2-6H2,1H3/t8-/m0/s1. The van der Waals surface area contributed by atoms with Gasteiger partial charge in [-0.1, -0.05) is 0 Å². The highest BCUT2D eigenvalue weighted by Gasteiger charge is 2.37. The van der Waals surface area contributed by atoms with Crippen molar-refractivity contribution in [1.29, 1.82) is 0 Å². The molecule has 3 saturated heterocycles.